The Balaban J connectivity index is 0.000000235. The SMILES string of the molecule is CC(C)c1ccc(COC(=O)c2ccccc2O)cc1.Nc1ccccc1C(=O)O.O=C(O)c1ccccc1O. The predicted molar refractivity (Wildman–Crippen MR) is 151 cm³/mol. The molecule has 0 fully saturated rings. The third-order valence-electron chi connectivity index (χ3n) is 5.47. The summed E-state index contributed by atoms with van der Waals surface area (Å²) in [5, 5.41) is 35.4. The number of ether oxygens (including phenoxy) is 1. The van der Waals surface area contributed by atoms with Gasteiger partial charge >= 0.3 is 17.9 Å². The van der Waals surface area contributed by atoms with Crippen molar-refractivity contribution in [2.45, 2.75) is 26.4 Å². The molecule has 0 saturated heterocycles. The van der Waals surface area contributed by atoms with Crippen LogP contribution in [0.4, 0.5) is 5.69 Å². The summed E-state index contributed by atoms with van der Waals surface area (Å²) < 4.78 is 5.20. The first-order valence-electron chi connectivity index (χ1n) is 12.1. The average Bonchev–Trinajstić information content (AvgIpc) is 2.93. The van der Waals surface area contributed by atoms with Crippen molar-refractivity contribution in [3.05, 3.63) is 125 Å². The number of aromatic hydroxyl groups is 2. The molecule has 0 atom stereocenters. The van der Waals surface area contributed by atoms with Crippen molar-refractivity contribution in [2.24, 2.45) is 0 Å². The first-order chi connectivity index (χ1) is 19.0. The average molecular weight is 546 g/mol. The van der Waals surface area contributed by atoms with E-state index in [1.807, 2.05) is 24.3 Å². The van der Waals surface area contributed by atoms with Crippen LogP contribution in [0.3, 0.4) is 0 Å². The van der Waals surface area contributed by atoms with Gasteiger partial charge in [-0.15, -0.1) is 0 Å². The number of aromatic carboxylic acids is 2. The number of esters is 1. The lowest BCUT2D eigenvalue weighted by atomic mass is 10.0. The van der Waals surface area contributed by atoms with Crippen LogP contribution in [0.5, 0.6) is 11.5 Å². The quantitative estimate of drug-likeness (QED) is 0.146. The fourth-order valence-corrected chi connectivity index (χ4v) is 3.22. The Bertz CT molecular complexity index is 1380. The third kappa shape index (κ3) is 9.53. The molecule has 0 unspecified atom stereocenters. The summed E-state index contributed by atoms with van der Waals surface area (Å²) in [7, 11) is 0. The maximum absolute atomic E-state index is 11.8. The number of phenols is 2. The molecular weight excluding hydrogens is 514 g/mol. The summed E-state index contributed by atoms with van der Waals surface area (Å²) in [6.45, 7) is 4.46. The number of benzene rings is 4. The molecule has 9 heteroatoms. The Kier molecular flexibility index (Phi) is 11.7. The lowest BCUT2D eigenvalue weighted by molar-refractivity contribution is 0.0468. The molecule has 4 aromatic rings. The molecule has 0 aliphatic carbocycles. The number of para-hydroxylation sites is 3. The molecule has 9 nitrogen and oxygen atoms in total. The molecule has 0 heterocycles. The van der Waals surface area contributed by atoms with Gasteiger partial charge < -0.3 is 30.9 Å². The summed E-state index contributed by atoms with van der Waals surface area (Å²) in [6, 6.07) is 26.5. The van der Waals surface area contributed by atoms with E-state index in [1.165, 1.54) is 29.8 Å². The molecule has 0 aliphatic rings. The van der Waals surface area contributed by atoms with Crippen LogP contribution in [-0.4, -0.2) is 38.3 Å². The first kappa shape index (κ1) is 30.9. The number of rotatable bonds is 6. The van der Waals surface area contributed by atoms with Gasteiger partial charge in [0.1, 0.15) is 29.2 Å². The first-order valence-corrected chi connectivity index (χ1v) is 12.1. The van der Waals surface area contributed by atoms with Crippen LogP contribution in [0.1, 0.15) is 62.0 Å². The van der Waals surface area contributed by atoms with Gasteiger partial charge in [-0.3, -0.25) is 0 Å². The van der Waals surface area contributed by atoms with Gasteiger partial charge in [-0.1, -0.05) is 74.5 Å². The predicted octanol–water partition coefficient (Wildman–Crippen LogP) is 5.93. The van der Waals surface area contributed by atoms with Crippen molar-refractivity contribution in [1.29, 1.82) is 0 Å². The van der Waals surface area contributed by atoms with Gasteiger partial charge in [0.25, 0.3) is 0 Å². The topological polar surface area (TPSA) is 167 Å². The number of nitrogens with two attached hydrogens (primary N) is 1. The highest BCUT2D eigenvalue weighted by Crippen LogP contribution is 2.19. The largest absolute Gasteiger partial charge is 0.507 e. The number of carbonyl (C=O) groups excluding carboxylic acids is 1. The van der Waals surface area contributed by atoms with Crippen molar-refractivity contribution in [1.82, 2.24) is 0 Å². The van der Waals surface area contributed by atoms with E-state index in [0.717, 1.165) is 5.56 Å². The van der Waals surface area contributed by atoms with E-state index in [1.54, 1.807) is 48.5 Å². The fourth-order valence-electron chi connectivity index (χ4n) is 3.22. The van der Waals surface area contributed by atoms with Gasteiger partial charge in [-0.25, -0.2) is 14.4 Å². The second-order valence-corrected chi connectivity index (χ2v) is 8.70. The zero-order valence-electron chi connectivity index (χ0n) is 22.0. The molecule has 0 radical (unpaired) electrons. The summed E-state index contributed by atoms with van der Waals surface area (Å²) in [6.07, 6.45) is 0. The minimum absolute atomic E-state index is 0.0624. The molecule has 4 aromatic carbocycles. The second kappa shape index (κ2) is 15.2. The Morgan fingerprint density at radius 1 is 0.675 bits per heavy atom. The molecule has 40 heavy (non-hydrogen) atoms. The molecule has 208 valence electrons. The van der Waals surface area contributed by atoms with E-state index in [2.05, 4.69) is 13.8 Å². The second-order valence-electron chi connectivity index (χ2n) is 8.70. The van der Waals surface area contributed by atoms with E-state index in [0.29, 0.717) is 11.6 Å². The van der Waals surface area contributed by atoms with Crippen LogP contribution < -0.4 is 5.73 Å². The number of anilines is 1. The third-order valence-corrected chi connectivity index (χ3v) is 5.47. The summed E-state index contributed by atoms with van der Waals surface area (Å²) >= 11 is 0. The minimum Gasteiger partial charge on any atom is -0.507 e. The van der Waals surface area contributed by atoms with E-state index in [9.17, 15) is 19.5 Å². The molecule has 0 bridgehead atoms. The van der Waals surface area contributed by atoms with Gasteiger partial charge in [0.05, 0.1) is 5.56 Å². The Morgan fingerprint density at radius 3 is 1.52 bits per heavy atom. The lowest BCUT2D eigenvalue weighted by Gasteiger charge is -2.08. The maximum atomic E-state index is 11.8. The fraction of sp³-hybridized carbons (Fsp3) is 0.129. The van der Waals surface area contributed by atoms with Gasteiger partial charge in [0.2, 0.25) is 0 Å². The number of hydrogen-bond donors (Lipinski definition) is 5. The molecule has 4 rings (SSSR count). The Labute approximate surface area is 231 Å². The van der Waals surface area contributed by atoms with E-state index < -0.39 is 17.9 Å². The molecule has 6 N–H and O–H groups in total. The number of carboxylic acid groups (broad SMARTS) is 2. The number of phenolic OH excluding ortho intramolecular Hbond substituents is 1. The van der Waals surface area contributed by atoms with Crippen LogP contribution in [0.2, 0.25) is 0 Å². The van der Waals surface area contributed by atoms with Crippen LogP contribution in [0, 0.1) is 0 Å². The molecule has 0 saturated carbocycles. The highest BCUT2D eigenvalue weighted by atomic mass is 16.5. The van der Waals surface area contributed by atoms with Crippen molar-refractivity contribution < 1.29 is 39.5 Å². The van der Waals surface area contributed by atoms with Crippen molar-refractivity contribution in [2.75, 3.05) is 5.73 Å². The normalized spacial score (nSPS) is 9.88. The van der Waals surface area contributed by atoms with Gasteiger partial charge in [0, 0.05) is 5.69 Å². The van der Waals surface area contributed by atoms with Gasteiger partial charge in [-0.05, 0) is 53.4 Å². The zero-order chi connectivity index (χ0) is 29.7. The number of hydrogen-bond acceptors (Lipinski definition) is 7. The Hall–Kier alpha value is -5.31. The monoisotopic (exact) mass is 545 g/mol. The highest BCUT2D eigenvalue weighted by Gasteiger charge is 2.12. The van der Waals surface area contributed by atoms with Gasteiger partial charge in [-0.2, -0.15) is 0 Å². The highest BCUT2D eigenvalue weighted by molar-refractivity contribution is 5.93. The lowest BCUT2D eigenvalue weighted by Crippen LogP contribution is -2.05. The number of carboxylic acids is 2. The van der Waals surface area contributed by atoms with Crippen LogP contribution in [-0.2, 0) is 11.3 Å². The van der Waals surface area contributed by atoms with Crippen LogP contribution >= 0.6 is 0 Å². The van der Waals surface area contributed by atoms with E-state index in [4.69, 9.17) is 25.8 Å². The number of nitrogen functional groups attached to an aromatic ring is 1. The van der Waals surface area contributed by atoms with Crippen molar-refractivity contribution >= 4 is 23.6 Å². The van der Waals surface area contributed by atoms with Gasteiger partial charge in [0.15, 0.2) is 0 Å². The van der Waals surface area contributed by atoms with E-state index >= 15 is 0 Å². The molecule has 0 aromatic heterocycles. The summed E-state index contributed by atoms with van der Waals surface area (Å²) in [4.78, 5) is 32.4. The van der Waals surface area contributed by atoms with Crippen molar-refractivity contribution in [3.63, 3.8) is 0 Å². The van der Waals surface area contributed by atoms with Crippen LogP contribution in [0.25, 0.3) is 0 Å². The number of carbonyl (C=O) groups is 3. The smallest absolute Gasteiger partial charge is 0.342 e. The van der Waals surface area contributed by atoms with Crippen LogP contribution in [0.15, 0.2) is 97.1 Å². The molecule has 0 aliphatic heterocycles. The molecule has 0 amide bonds. The Morgan fingerprint density at radius 2 is 1.12 bits per heavy atom. The summed E-state index contributed by atoms with van der Waals surface area (Å²) in [5.74, 6) is -2.40. The summed E-state index contributed by atoms with van der Waals surface area (Å²) in [5.41, 5.74) is 8.10. The maximum Gasteiger partial charge on any atom is 0.342 e. The molecular formula is C31H31NO8. The van der Waals surface area contributed by atoms with E-state index in [-0.39, 0.29) is 34.8 Å². The standard InChI is InChI=1S/C17H18O3.C7H7NO2.C7H6O3/c1-12(2)14-9-7-13(8-10-14)11-20-17(19)15-5-3-4-6-16(15)18;2*8-6-4-2-1-3-5(6)7(9)10/h3-10,12,18H,11H2,1-2H3;1-4H,8H2,(H,9,10);1-4,8H,(H,9,10). The zero-order valence-corrected chi connectivity index (χ0v) is 22.0. The van der Waals surface area contributed by atoms with Crippen molar-refractivity contribution in [3.8, 4) is 11.5 Å². The molecule has 0 spiro atoms. The minimum atomic E-state index is -1.11.